The molecule has 0 saturated carbocycles. The van der Waals surface area contributed by atoms with Crippen molar-refractivity contribution in [1.82, 2.24) is 0 Å². The first-order chi connectivity index (χ1) is 8.63. The number of nitriles is 1. The van der Waals surface area contributed by atoms with Crippen molar-refractivity contribution in [2.75, 3.05) is 30.4 Å². The lowest BCUT2D eigenvalue weighted by molar-refractivity contribution is -0.138. The number of carbonyl (C=O) groups is 2. The van der Waals surface area contributed by atoms with Gasteiger partial charge < -0.3 is 15.0 Å². The van der Waals surface area contributed by atoms with Crippen LogP contribution >= 0.6 is 0 Å². The van der Waals surface area contributed by atoms with Crippen molar-refractivity contribution in [2.45, 2.75) is 0 Å². The van der Waals surface area contributed by atoms with Crippen LogP contribution in [-0.4, -0.2) is 32.1 Å². The van der Waals surface area contributed by atoms with Gasteiger partial charge in [-0.2, -0.15) is 5.26 Å². The number of amides is 1. The number of methoxy groups -OCH3 is 1. The molecule has 18 heavy (non-hydrogen) atoms. The van der Waals surface area contributed by atoms with Crippen LogP contribution in [0.4, 0.5) is 11.4 Å². The second kappa shape index (κ2) is 4.75. The van der Waals surface area contributed by atoms with Gasteiger partial charge in [-0.3, -0.25) is 9.59 Å². The van der Waals surface area contributed by atoms with E-state index >= 15 is 0 Å². The third kappa shape index (κ3) is 2.25. The van der Waals surface area contributed by atoms with E-state index in [2.05, 4.69) is 10.1 Å². The molecule has 1 heterocycles. The van der Waals surface area contributed by atoms with Gasteiger partial charge in [0.25, 0.3) is 0 Å². The highest BCUT2D eigenvalue weighted by atomic mass is 16.5. The van der Waals surface area contributed by atoms with Gasteiger partial charge in [0.15, 0.2) is 0 Å². The third-order valence-electron chi connectivity index (χ3n) is 2.62. The Kier molecular flexibility index (Phi) is 3.15. The fourth-order valence-electron chi connectivity index (χ4n) is 1.78. The van der Waals surface area contributed by atoms with Gasteiger partial charge in [-0.1, -0.05) is 0 Å². The SMILES string of the molecule is COC(=O)CN1CC(=O)Nc2ccc(C#N)cc21. The second-order valence-corrected chi connectivity index (χ2v) is 3.82. The van der Waals surface area contributed by atoms with E-state index in [1.54, 1.807) is 23.1 Å². The number of hydrogen-bond acceptors (Lipinski definition) is 5. The zero-order chi connectivity index (χ0) is 13.1. The normalized spacial score (nSPS) is 13.3. The number of carbonyl (C=O) groups excluding carboxylic acids is 2. The Morgan fingerprint density at radius 1 is 1.61 bits per heavy atom. The van der Waals surface area contributed by atoms with Crippen LogP contribution < -0.4 is 10.2 Å². The number of esters is 1. The van der Waals surface area contributed by atoms with E-state index in [0.29, 0.717) is 16.9 Å². The lowest BCUT2D eigenvalue weighted by atomic mass is 10.1. The Labute approximate surface area is 104 Å². The highest BCUT2D eigenvalue weighted by molar-refractivity contribution is 6.02. The summed E-state index contributed by atoms with van der Waals surface area (Å²) in [7, 11) is 1.29. The molecule has 1 aromatic carbocycles. The summed E-state index contributed by atoms with van der Waals surface area (Å²) in [4.78, 5) is 24.4. The molecule has 1 aliphatic rings. The zero-order valence-corrected chi connectivity index (χ0v) is 9.77. The van der Waals surface area contributed by atoms with Crippen molar-refractivity contribution in [1.29, 1.82) is 5.26 Å². The molecule has 1 amide bonds. The number of fused-ring (bicyclic) bond motifs is 1. The summed E-state index contributed by atoms with van der Waals surface area (Å²) >= 11 is 0. The van der Waals surface area contributed by atoms with E-state index in [0.717, 1.165) is 0 Å². The minimum Gasteiger partial charge on any atom is -0.468 e. The van der Waals surface area contributed by atoms with Crippen molar-refractivity contribution in [3.8, 4) is 6.07 Å². The summed E-state index contributed by atoms with van der Waals surface area (Å²) in [5, 5.41) is 11.5. The number of nitrogens with zero attached hydrogens (tertiary/aromatic N) is 2. The summed E-state index contributed by atoms with van der Waals surface area (Å²) in [6.07, 6.45) is 0. The molecule has 0 aliphatic carbocycles. The van der Waals surface area contributed by atoms with Gasteiger partial charge in [-0.25, -0.2) is 0 Å². The van der Waals surface area contributed by atoms with Gasteiger partial charge in [0.1, 0.15) is 6.54 Å². The van der Waals surface area contributed by atoms with Crippen LogP contribution in [0.3, 0.4) is 0 Å². The first kappa shape index (κ1) is 11.9. The van der Waals surface area contributed by atoms with Crippen molar-refractivity contribution in [3.63, 3.8) is 0 Å². The fraction of sp³-hybridized carbons (Fsp3) is 0.250. The van der Waals surface area contributed by atoms with E-state index in [1.807, 2.05) is 6.07 Å². The summed E-state index contributed by atoms with van der Waals surface area (Å²) < 4.78 is 4.58. The Morgan fingerprint density at radius 2 is 2.39 bits per heavy atom. The van der Waals surface area contributed by atoms with Crippen LogP contribution in [0, 0.1) is 11.3 Å². The van der Waals surface area contributed by atoms with Gasteiger partial charge in [-0.15, -0.1) is 0 Å². The van der Waals surface area contributed by atoms with Gasteiger partial charge in [-0.05, 0) is 18.2 Å². The lowest BCUT2D eigenvalue weighted by Crippen LogP contribution is -2.41. The molecule has 0 unspecified atom stereocenters. The largest absolute Gasteiger partial charge is 0.468 e. The Hall–Kier alpha value is -2.55. The fourth-order valence-corrected chi connectivity index (χ4v) is 1.78. The molecule has 0 atom stereocenters. The van der Waals surface area contributed by atoms with Crippen LogP contribution in [0.2, 0.25) is 0 Å². The second-order valence-electron chi connectivity index (χ2n) is 3.82. The Bertz CT molecular complexity index is 548. The smallest absolute Gasteiger partial charge is 0.325 e. The molecule has 1 aromatic rings. The van der Waals surface area contributed by atoms with E-state index < -0.39 is 5.97 Å². The number of benzene rings is 1. The molecule has 0 spiro atoms. The minimum absolute atomic E-state index is 0.0220. The molecule has 6 heteroatoms. The van der Waals surface area contributed by atoms with E-state index in [1.165, 1.54) is 7.11 Å². The Balaban J connectivity index is 2.36. The van der Waals surface area contributed by atoms with Crippen molar-refractivity contribution in [2.24, 2.45) is 0 Å². The molecule has 0 fully saturated rings. The average Bonchev–Trinajstić information content (AvgIpc) is 2.38. The van der Waals surface area contributed by atoms with E-state index in [-0.39, 0.29) is 19.0 Å². The summed E-state index contributed by atoms with van der Waals surface area (Å²) in [5.74, 6) is -0.630. The first-order valence-corrected chi connectivity index (χ1v) is 5.30. The van der Waals surface area contributed by atoms with Crippen LogP contribution in [0.5, 0.6) is 0 Å². The Morgan fingerprint density at radius 3 is 3.06 bits per heavy atom. The summed E-state index contributed by atoms with van der Waals surface area (Å²) in [6, 6.07) is 6.92. The van der Waals surface area contributed by atoms with Crippen molar-refractivity contribution < 1.29 is 14.3 Å². The zero-order valence-electron chi connectivity index (χ0n) is 9.77. The van der Waals surface area contributed by atoms with Crippen LogP contribution in [0.25, 0.3) is 0 Å². The van der Waals surface area contributed by atoms with Gasteiger partial charge >= 0.3 is 5.97 Å². The highest BCUT2D eigenvalue weighted by Crippen LogP contribution is 2.30. The molecule has 6 nitrogen and oxygen atoms in total. The van der Waals surface area contributed by atoms with Gasteiger partial charge in [0, 0.05) is 0 Å². The molecule has 0 radical (unpaired) electrons. The molecular weight excluding hydrogens is 234 g/mol. The van der Waals surface area contributed by atoms with E-state index in [4.69, 9.17) is 5.26 Å². The number of rotatable bonds is 2. The molecule has 1 N–H and O–H groups in total. The average molecular weight is 245 g/mol. The summed E-state index contributed by atoms with van der Waals surface area (Å²) in [6.45, 7) is 0.0444. The van der Waals surface area contributed by atoms with Crippen LogP contribution in [0.1, 0.15) is 5.56 Å². The van der Waals surface area contributed by atoms with Crippen molar-refractivity contribution in [3.05, 3.63) is 23.8 Å². The number of hydrogen-bond donors (Lipinski definition) is 1. The molecule has 0 aromatic heterocycles. The molecule has 0 bridgehead atoms. The lowest BCUT2D eigenvalue weighted by Gasteiger charge is -2.29. The monoisotopic (exact) mass is 245 g/mol. The highest BCUT2D eigenvalue weighted by Gasteiger charge is 2.24. The number of anilines is 2. The van der Waals surface area contributed by atoms with Crippen LogP contribution in [0.15, 0.2) is 18.2 Å². The quantitative estimate of drug-likeness (QED) is 0.767. The maximum absolute atomic E-state index is 11.5. The van der Waals surface area contributed by atoms with Crippen molar-refractivity contribution >= 4 is 23.3 Å². The predicted molar refractivity (Wildman–Crippen MR) is 64.0 cm³/mol. The summed E-state index contributed by atoms with van der Waals surface area (Å²) in [5.41, 5.74) is 1.72. The third-order valence-corrected chi connectivity index (χ3v) is 2.62. The van der Waals surface area contributed by atoms with Crippen LogP contribution in [-0.2, 0) is 14.3 Å². The van der Waals surface area contributed by atoms with Gasteiger partial charge in [0.2, 0.25) is 5.91 Å². The molecule has 92 valence electrons. The number of ether oxygens (including phenoxy) is 1. The standard InChI is InChI=1S/C12H11N3O3/c1-18-12(17)7-15-6-11(16)14-9-3-2-8(5-13)4-10(9)15/h2-4H,6-7H2,1H3,(H,14,16). The maximum Gasteiger partial charge on any atom is 0.325 e. The number of nitrogens with one attached hydrogen (secondary N) is 1. The molecular formula is C12H11N3O3. The van der Waals surface area contributed by atoms with Gasteiger partial charge in [0.05, 0.1) is 36.7 Å². The molecule has 2 rings (SSSR count). The maximum atomic E-state index is 11.5. The minimum atomic E-state index is -0.432. The van der Waals surface area contributed by atoms with E-state index in [9.17, 15) is 9.59 Å². The molecule has 1 aliphatic heterocycles. The first-order valence-electron chi connectivity index (χ1n) is 5.30. The topological polar surface area (TPSA) is 82.4 Å². The molecule has 0 saturated heterocycles. The predicted octanol–water partition coefficient (Wildman–Crippen LogP) is 0.490.